The number of halogens is 3. The van der Waals surface area contributed by atoms with Gasteiger partial charge in [-0.2, -0.15) is 0 Å². The molecule has 130 valence electrons. The number of ether oxygens (including phenoxy) is 1. The molecule has 1 aromatic rings. The van der Waals surface area contributed by atoms with Gasteiger partial charge in [-0.3, -0.25) is 0 Å². The van der Waals surface area contributed by atoms with E-state index in [1.807, 2.05) is 13.2 Å². The third-order valence-electron chi connectivity index (χ3n) is 5.91. The molecule has 0 heterocycles. The van der Waals surface area contributed by atoms with Crippen LogP contribution in [-0.4, -0.2) is 13.2 Å². The predicted octanol–water partition coefficient (Wildman–Crippen LogP) is 3.40. The van der Waals surface area contributed by atoms with Crippen LogP contribution in [0.4, 0.5) is 0 Å². The van der Waals surface area contributed by atoms with E-state index in [9.17, 15) is 0 Å². The first-order chi connectivity index (χ1) is 10.7. The molecule has 1 aromatic carbocycles. The van der Waals surface area contributed by atoms with E-state index < -0.39 is 0 Å². The van der Waals surface area contributed by atoms with Gasteiger partial charge in [0.1, 0.15) is 0 Å². The van der Waals surface area contributed by atoms with Crippen molar-refractivity contribution in [1.82, 2.24) is 0 Å². The van der Waals surface area contributed by atoms with Gasteiger partial charge in [-0.05, 0) is 42.9 Å². The van der Waals surface area contributed by atoms with Gasteiger partial charge in [0.25, 0.3) is 0 Å². The van der Waals surface area contributed by atoms with Crippen LogP contribution in [0.25, 0.3) is 0 Å². The lowest BCUT2D eigenvalue weighted by atomic mass is 9.59. The minimum atomic E-state index is 0. The van der Waals surface area contributed by atoms with Crippen molar-refractivity contribution in [2.24, 2.45) is 5.92 Å². The predicted molar refractivity (Wildman–Crippen MR) is 94.0 cm³/mol. The van der Waals surface area contributed by atoms with Crippen LogP contribution in [0.1, 0.15) is 63.4 Å². The fraction of sp³-hybridized carbons (Fsp3) is 0.684. The quantitative estimate of drug-likeness (QED) is 0.765. The number of methoxy groups -OCH3 is 1. The highest BCUT2D eigenvalue weighted by Gasteiger charge is 2.46. The lowest BCUT2D eigenvalue weighted by Gasteiger charge is -2.49. The minimum Gasteiger partial charge on any atom is -1.00 e. The Morgan fingerprint density at radius 1 is 1.09 bits per heavy atom. The summed E-state index contributed by atoms with van der Waals surface area (Å²) in [7, 11) is 1.88. The van der Waals surface area contributed by atoms with Crippen molar-refractivity contribution in [3.8, 4) is 0 Å². The van der Waals surface area contributed by atoms with E-state index in [1.165, 1.54) is 63.4 Å². The van der Waals surface area contributed by atoms with Gasteiger partial charge in [0.15, 0.2) is 0 Å². The van der Waals surface area contributed by atoms with Crippen molar-refractivity contribution in [3.63, 3.8) is 0 Å². The highest BCUT2D eigenvalue weighted by molar-refractivity contribution is 6.42. The molecule has 4 heteroatoms. The summed E-state index contributed by atoms with van der Waals surface area (Å²) in [6.07, 6.45) is 12.1. The molecule has 3 rings (SSSR count). The standard InChI is InChI=1S/C19H26Cl2O.ClH/c1-22-18(12-14-6-3-2-4-7-14)19(10-5-11-19)15-8-9-16(20)17(21)13-15;/h8-9,13-14,18H,2-7,10-12H2,1H3;1H/p-1. The molecule has 0 aromatic heterocycles. The second-order valence-corrected chi connectivity index (χ2v) is 7.92. The van der Waals surface area contributed by atoms with Gasteiger partial charge >= 0.3 is 0 Å². The first-order valence-electron chi connectivity index (χ1n) is 8.64. The van der Waals surface area contributed by atoms with Crippen LogP contribution in [0, 0.1) is 5.92 Å². The molecule has 0 N–H and O–H groups in total. The molecule has 1 unspecified atom stereocenters. The van der Waals surface area contributed by atoms with Crippen LogP contribution in [0.5, 0.6) is 0 Å². The van der Waals surface area contributed by atoms with Crippen LogP contribution >= 0.6 is 23.2 Å². The monoisotopic (exact) mass is 375 g/mol. The molecule has 0 aliphatic heterocycles. The van der Waals surface area contributed by atoms with Crippen LogP contribution in [0.3, 0.4) is 0 Å². The smallest absolute Gasteiger partial charge is 0.0670 e. The molecule has 0 bridgehead atoms. The van der Waals surface area contributed by atoms with Gasteiger partial charge in [0.2, 0.25) is 0 Å². The third-order valence-corrected chi connectivity index (χ3v) is 6.65. The number of hydrogen-bond donors (Lipinski definition) is 0. The van der Waals surface area contributed by atoms with Gasteiger partial charge in [0, 0.05) is 12.5 Å². The highest BCUT2D eigenvalue weighted by atomic mass is 35.5. The fourth-order valence-electron chi connectivity index (χ4n) is 4.43. The molecule has 0 spiro atoms. The molecule has 2 saturated carbocycles. The molecule has 0 radical (unpaired) electrons. The number of benzene rings is 1. The third kappa shape index (κ3) is 4.00. The van der Waals surface area contributed by atoms with Gasteiger partial charge < -0.3 is 17.1 Å². The molecule has 2 fully saturated rings. The van der Waals surface area contributed by atoms with Gasteiger partial charge in [-0.15, -0.1) is 0 Å². The number of hydrogen-bond acceptors (Lipinski definition) is 1. The summed E-state index contributed by atoms with van der Waals surface area (Å²) in [5.41, 5.74) is 1.47. The maximum Gasteiger partial charge on any atom is 0.0670 e. The lowest BCUT2D eigenvalue weighted by Crippen LogP contribution is -3.00. The summed E-state index contributed by atoms with van der Waals surface area (Å²) in [4.78, 5) is 0. The SMILES string of the molecule is COC(CC1CCCCC1)C1(c2ccc(Cl)c(Cl)c2)CCC1.[Cl-]. The van der Waals surface area contributed by atoms with E-state index in [0.717, 1.165) is 5.92 Å². The molecular formula is C19H26Cl3O-. The van der Waals surface area contributed by atoms with Crippen LogP contribution in [0.2, 0.25) is 10.0 Å². The van der Waals surface area contributed by atoms with Crippen molar-refractivity contribution >= 4 is 23.2 Å². The summed E-state index contributed by atoms with van der Waals surface area (Å²) in [6.45, 7) is 0. The zero-order chi connectivity index (χ0) is 15.6. The van der Waals surface area contributed by atoms with Crippen LogP contribution in [-0.2, 0) is 10.2 Å². The topological polar surface area (TPSA) is 9.23 Å². The Hall–Kier alpha value is 0.0500. The Morgan fingerprint density at radius 2 is 1.78 bits per heavy atom. The first-order valence-corrected chi connectivity index (χ1v) is 9.39. The van der Waals surface area contributed by atoms with Gasteiger partial charge in [0.05, 0.1) is 16.1 Å². The van der Waals surface area contributed by atoms with Crippen molar-refractivity contribution in [1.29, 1.82) is 0 Å². The van der Waals surface area contributed by atoms with E-state index in [0.29, 0.717) is 16.1 Å². The average molecular weight is 377 g/mol. The van der Waals surface area contributed by atoms with Gasteiger partial charge in [-0.1, -0.05) is 67.8 Å². The molecule has 1 atom stereocenters. The summed E-state index contributed by atoms with van der Waals surface area (Å²) in [5, 5.41) is 1.30. The Kier molecular flexibility index (Phi) is 7.10. The molecule has 2 aliphatic rings. The Bertz CT molecular complexity index is 507. The largest absolute Gasteiger partial charge is 1.00 e. The number of rotatable bonds is 5. The van der Waals surface area contributed by atoms with E-state index >= 15 is 0 Å². The van der Waals surface area contributed by atoms with Crippen LogP contribution < -0.4 is 12.4 Å². The molecule has 23 heavy (non-hydrogen) atoms. The fourth-order valence-corrected chi connectivity index (χ4v) is 4.73. The second kappa shape index (κ2) is 8.43. The van der Waals surface area contributed by atoms with Crippen molar-refractivity contribution in [2.75, 3.05) is 7.11 Å². The summed E-state index contributed by atoms with van der Waals surface area (Å²) < 4.78 is 6.01. The van der Waals surface area contributed by atoms with Crippen molar-refractivity contribution in [2.45, 2.75) is 69.3 Å². The Labute approximate surface area is 156 Å². The molecule has 0 amide bonds. The van der Waals surface area contributed by atoms with E-state index in [4.69, 9.17) is 27.9 Å². The maximum absolute atomic E-state index is 6.27. The van der Waals surface area contributed by atoms with E-state index in [2.05, 4.69) is 12.1 Å². The normalized spacial score (nSPS) is 22.0. The minimum absolute atomic E-state index is 0. The molecule has 2 aliphatic carbocycles. The maximum atomic E-state index is 6.27. The lowest BCUT2D eigenvalue weighted by molar-refractivity contribution is -0.0258. The zero-order valence-corrected chi connectivity index (χ0v) is 16.1. The highest BCUT2D eigenvalue weighted by Crippen LogP contribution is 2.50. The Morgan fingerprint density at radius 3 is 2.30 bits per heavy atom. The molecule has 1 nitrogen and oxygen atoms in total. The van der Waals surface area contributed by atoms with E-state index in [1.54, 1.807) is 0 Å². The zero-order valence-electron chi connectivity index (χ0n) is 13.8. The second-order valence-electron chi connectivity index (χ2n) is 7.10. The van der Waals surface area contributed by atoms with Gasteiger partial charge in [-0.25, -0.2) is 0 Å². The summed E-state index contributed by atoms with van der Waals surface area (Å²) in [6, 6.07) is 6.16. The van der Waals surface area contributed by atoms with E-state index in [-0.39, 0.29) is 17.8 Å². The first kappa shape index (κ1) is 19.4. The molecule has 0 saturated heterocycles. The van der Waals surface area contributed by atoms with Crippen molar-refractivity contribution in [3.05, 3.63) is 33.8 Å². The van der Waals surface area contributed by atoms with Crippen LogP contribution in [0.15, 0.2) is 18.2 Å². The van der Waals surface area contributed by atoms with Crippen molar-refractivity contribution < 1.29 is 17.1 Å². The molecular weight excluding hydrogens is 351 g/mol. The Balaban J connectivity index is 0.00000192. The summed E-state index contributed by atoms with van der Waals surface area (Å²) in [5.74, 6) is 0.832. The average Bonchev–Trinajstić information content (AvgIpc) is 2.49. The summed E-state index contributed by atoms with van der Waals surface area (Å²) >= 11 is 12.4.